The lowest BCUT2D eigenvalue weighted by atomic mass is 9.84. The minimum Gasteiger partial charge on any atom is -0.389 e. The molecule has 6 nitrogen and oxygen atoms in total. The van der Waals surface area contributed by atoms with E-state index in [2.05, 4.69) is 0 Å². The number of aliphatic hydroxyl groups excluding tert-OH is 4. The minimum atomic E-state index is -1.42. The summed E-state index contributed by atoms with van der Waals surface area (Å²) in [4.78, 5) is 1.60. The van der Waals surface area contributed by atoms with Gasteiger partial charge in [-0.05, 0) is 6.92 Å². The van der Waals surface area contributed by atoms with Gasteiger partial charge in [0.1, 0.15) is 17.8 Å². The fourth-order valence-corrected chi connectivity index (χ4v) is 2.56. The second-order valence-corrected chi connectivity index (χ2v) is 4.77. The van der Waals surface area contributed by atoms with Crippen LogP contribution >= 0.6 is 0 Å². The van der Waals surface area contributed by atoms with E-state index in [1.54, 1.807) is 4.90 Å². The predicted molar refractivity (Wildman–Crippen MR) is 50.0 cm³/mol. The molecule has 2 saturated heterocycles. The normalized spacial score (nSPS) is 56.8. The first-order chi connectivity index (χ1) is 6.84. The summed E-state index contributed by atoms with van der Waals surface area (Å²) < 4.78 is 0. The van der Waals surface area contributed by atoms with E-state index in [-0.39, 0.29) is 13.1 Å². The van der Waals surface area contributed by atoms with Crippen LogP contribution in [-0.4, -0.2) is 79.6 Å². The molecule has 0 aliphatic carbocycles. The molecule has 0 aromatic rings. The van der Waals surface area contributed by atoms with E-state index >= 15 is 0 Å². The summed E-state index contributed by atoms with van der Waals surface area (Å²) in [7, 11) is 0. The molecule has 0 saturated carbocycles. The number of piperidine rings is 1. The zero-order valence-corrected chi connectivity index (χ0v) is 8.48. The van der Waals surface area contributed by atoms with Gasteiger partial charge in [-0.25, -0.2) is 0 Å². The molecule has 2 heterocycles. The Kier molecular flexibility index (Phi) is 2.53. The second-order valence-electron chi connectivity index (χ2n) is 4.77. The van der Waals surface area contributed by atoms with Crippen LogP contribution in [0.3, 0.4) is 0 Å². The summed E-state index contributed by atoms with van der Waals surface area (Å²) in [5.74, 6) is 0. The lowest BCUT2D eigenvalue weighted by Crippen LogP contribution is -2.66. The van der Waals surface area contributed by atoms with E-state index < -0.39 is 36.1 Å². The highest BCUT2D eigenvalue weighted by molar-refractivity contribution is 5.08. The van der Waals surface area contributed by atoms with E-state index in [0.717, 1.165) is 0 Å². The first-order valence-electron chi connectivity index (χ1n) is 5.03. The van der Waals surface area contributed by atoms with Crippen LogP contribution in [0.25, 0.3) is 0 Å². The molecule has 0 spiro atoms. The maximum Gasteiger partial charge on any atom is 0.111 e. The van der Waals surface area contributed by atoms with Gasteiger partial charge in [-0.15, -0.1) is 0 Å². The minimum absolute atomic E-state index is 0.129. The Labute approximate surface area is 87.4 Å². The molecule has 0 amide bonds. The van der Waals surface area contributed by atoms with Crippen LogP contribution in [-0.2, 0) is 0 Å². The zero-order valence-electron chi connectivity index (χ0n) is 8.48. The first kappa shape index (κ1) is 11.3. The smallest absolute Gasteiger partial charge is 0.111 e. The number of hydrogen-bond donors (Lipinski definition) is 5. The van der Waals surface area contributed by atoms with Crippen LogP contribution < -0.4 is 0 Å². The van der Waals surface area contributed by atoms with Crippen LogP contribution in [0.5, 0.6) is 0 Å². The maximum absolute atomic E-state index is 9.82. The van der Waals surface area contributed by atoms with E-state index in [4.69, 9.17) is 0 Å². The lowest BCUT2D eigenvalue weighted by molar-refractivity contribution is -0.185. The molecule has 88 valence electrons. The summed E-state index contributed by atoms with van der Waals surface area (Å²) in [5, 5.41) is 48.2. The van der Waals surface area contributed by atoms with Crippen molar-refractivity contribution in [2.24, 2.45) is 0 Å². The largest absolute Gasteiger partial charge is 0.389 e. The maximum atomic E-state index is 9.82. The Morgan fingerprint density at radius 2 is 1.73 bits per heavy atom. The molecule has 0 aromatic carbocycles. The number of rotatable bonds is 0. The molecule has 0 unspecified atom stereocenters. The van der Waals surface area contributed by atoms with E-state index in [1.807, 2.05) is 0 Å². The fourth-order valence-electron chi connectivity index (χ4n) is 2.56. The van der Waals surface area contributed by atoms with E-state index in [1.165, 1.54) is 6.92 Å². The molecule has 0 radical (unpaired) electrons. The molecule has 5 N–H and O–H groups in total. The zero-order chi connectivity index (χ0) is 11.4. The van der Waals surface area contributed by atoms with Crippen molar-refractivity contribution in [2.75, 3.05) is 13.1 Å². The molecule has 2 rings (SSSR count). The molecule has 6 heteroatoms. The van der Waals surface area contributed by atoms with Gasteiger partial charge < -0.3 is 25.5 Å². The average molecular weight is 219 g/mol. The van der Waals surface area contributed by atoms with Gasteiger partial charge in [0.05, 0.1) is 18.2 Å². The topological polar surface area (TPSA) is 104 Å². The SMILES string of the molecule is C[C@@]1(O)CN2C[C@H](O)[C@H](O)[C@@H]2[C@@H](O)[C@H]1O. The van der Waals surface area contributed by atoms with Crippen LogP contribution in [0.1, 0.15) is 6.92 Å². The third-order valence-corrected chi connectivity index (χ3v) is 3.42. The highest BCUT2D eigenvalue weighted by Crippen LogP contribution is 2.32. The van der Waals surface area contributed by atoms with Crippen molar-refractivity contribution in [3.8, 4) is 0 Å². The monoisotopic (exact) mass is 219 g/mol. The highest BCUT2D eigenvalue weighted by atomic mass is 16.4. The van der Waals surface area contributed by atoms with Gasteiger partial charge in [0.2, 0.25) is 0 Å². The van der Waals surface area contributed by atoms with Gasteiger partial charge in [0.25, 0.3) is 0 Å². The van der Waals surface area contributed by atoms with Gasteiger partial charge in [-0.1, -0.05) is 0 Å². The molecule has 0 bridgehead atoms. The van der Waals surface area contributed by atoms with Gasteiger partial charge in [0.15, 0.2) is 0 Å². The summed E-state index contributed by atoms with van der Waals surface area (Å²) >= 11 is 0. The third-order valence-electron chi connectivity index (χ3n) is 3.42. The molecule has 2 aliphatic rings. The Hall–Kier alpha value is -0.240. The highest BCUT2D eigenvalue weighted by Gasteiger charge is 2.55. The summed E-state index contributed by atoms with van der Waals surface area (Å²) in [5.41, 5.74) is -1.42. The molecule has 2 fully saturated rings. The molecular formula is C9H17NO5. The van der Waals surface area contributed by atoms with Crippen molar-refractivity contribution in [1.29, 1.82) is 0 Å². The second kappa shape index (κ2) is 3.38. The fraction of sp³-hybridized carbons (Fsp3) is 1.00. The number of fused-ring (bicyclic) bond motifs is 1. The van der Waals surface area contributed by atoms with Crippen molar-refractivity contribution >= 4 is 0 Å². The summed E-state index contributed by atoms with van der Waals surface area (Å²) in [6.45, 7) is 1.75. The lowest BCUT2D eigenvalue weighted by Gasteiger charge is -2.46. The van der Waals surface area contributed by atoms with Gasteiger partial charge in [-0.2, -0.15) is 0 Å². The Balaban J connectivity index is 2.24. The van der Waals surface area contributed by atoms with Crippen molar-refractivity contribution in [2.45, 2.75) is 43.0 Å². The van der Waals surface area contributed by atoms with E-state index in [9.17, 15) is 25.5 Å². The van der Waals surface area contributed by atoms with Crippen molar-refractivity contribution in [3.63, 3.8) is 0 Å². The van der Waals surface area contributed by atoms with Gasteiger partial charge >= 0.3 is 0 Å². The number of aliphatic hydroxyl groups is 5. The van der Waals surface area contributed by atoms with E-state index in [0.29, 0.717) is 0 Å². The van der Waals surface area contributed by atoms with Gasteiger partial charge in [0, 0.05) is 13.1 Å². The summed E-state index contributed by atoms with van der Waals surface area (Å²) in [6, 6.07) is -0.699. The van der Waals surface area contributed by atoms with Crippen molar-refractivity contribution in [1.82, 2.24) is 4.90 Å². The van der Waals surface area contributed by atoms with Gasteiger partial charge in [-0.3, -0.25) is 4.90 Å². The van der Waals surface area contributed by atoms with Crippen LogP contribution in [0.2, 0.25) is 0 Å². The molecule has 15 heavy (non-hydrogen) atoms. The third kappa shape index (κ3) is 1.57. The Morgan fingerprint density at radius 1 is 1.13 bits per heavy atom. The van der Waals surface area contributed by atoms with Crippen LogP contribution in [0, 0.1) is 0 Å². The number of nitrogens with zero attached hydrogens (tertiary/aromatic N) is 1. The summed E-state index contributed by atoms with van der Waals surface area (Å²) in [6.07, 6.45) is -4.57. The quantitative estimate of drug-likeness (QED) is 0.295. The molecular weight excluding hydrogens is 202 g/mol. The van der Waals surface area contributed by atoms with Crippen LogP contribution in [0.4, 0.5) is 0 Å². The van der Waals surface area contributed by atoms with Crippen molar-refractivity contribution in [3.05, 3.63) is 0 Å². The predicted octanol–water partition coefficient (Wildman–Crippen LogP) is -3.12. The average Bonchev–Trinajstić information content (AvgIpc) is 2.38. The standard InChI is InChI=1S/C9H17NO5/c1-9(15)3-10-2-4(11)6(12)5(10)7(13)8(9)14/h4-8,11-15H,2-3H2,1H3/t4-,5+,6-,7+,8+,9+/m0/s1. The Bertz CT molecular complexity index is 257. The first-order valence-corrected chi connectivity index (χ1v) is 5.03. The number of hydrogen-bond acceptors (Lipinski definition) is 6. The van der Waals surface area contributed by atoms with Crippen LogP contribution in [0.15, 0.2) is 0 Å². The van der Waals surface area contributed by atoms with Crippen molar-refractivity contribution < 1.29 is 25.5 Å². The Morgan fingerprint density at radius 3 is 2.33 bits per heavy atom. The molecule has 0 aromatic heterocycles. The molecule has 2 aliphatic heterocycles. The molecule has 6 atom stereocenters.